The first-order valence-corrected chi connectivity index (χ1v) is 6.86. The lowest BCUT2D eigenvalue weighted by atomic mass is 10.2. The van der Waals surface area contributed by atoms with Crippen LogP contribution in [0.1, 0.15) is 23.7 Å². The zero-order chi connectivity index (χ0) is 15.7. The molecule has 0 aliphatic rings. The lowest BCUT2D eigenvalue weighted by Crippen LogP contribution is -2.30. The molecule has 2 amide bonds. The molecule has 0 aromatic heterocycles. The van der Waals surface area contributed by atoms with E-state index in [9.17, 15) is 14.4 Å². The standard InChI is InChI=1S/C14H17ClN2O4/c1-2-16-12(18)9-21-13(19)7-8-17-14(20)10-3-5-11(15)6-4-10/h3-6H,2,7-9H2,1H3,(H,16,18)(H,17,20). The number of hydrogen-bond acceptors (Lipinski definition) is 4. The summed E-state index contributed by atoms with van der Waals surface area (Å²) in [5, 5.41) is 5.63. The number of halogens is 1. The van der Waals surface area contributed by atoms with Gasteiger partial charge in [-0.05, 0) is 31.2 Å². The Morgan fingerprint density at radius 3 is 2.43 bits per heavy atom. The van der Waals surface area contributed by atoms with Crippen LogP contribution in [0.5, 0.6) is 0 Å². The van der Waals surface area contributed by atoms with Gasteiger partial charge in [0.1, 0.15) is 0 Å². The lowest BCUT2D eigenvalue weighted by molar-refractivity contribution is -0.148. The number of carbonyl (C=O) groups is 3. The van der Waals surface area contributed by atoms with E-state index >= 15 is 0 Å². The van der Waals surface area contributed by atoms with Crippen LogP contribution in [0.25, 0.3) is 0 Å². The molecule has 2 N–H and O–H groups in total. The number of rotatable bonds is 7. The predicted molar refractivity (Wildman–Crippen MR) is 78.0 cm³/mol. The Labute approximate surface area is 127 Å². The number of likely N-dealkylation sites (N-methyl/N-ethyl adjacent to an activating group) is 1. The SMILES string of the molecule is CCNC(=O)COC(=O)CCNC(=O)c1ccc(Cl)cc1. The molecule has 0 aliphatic heterocycles. The van der Waals surface area contributed by atoms with Crippen molar-refractivity contribution in [3.05, 3.63) is 34.9 Å². The molecule has 0 unspecified atom stereocenters. The summed E-state index contributed by atoms with van der Waals surface area (Å²) in [5.74, 6) is -1.20. The Kier molecular flexibility index (Phi) is 7.25. The van der Waals surface area contributed by atoms with Crippen LogP contribution in [0, 0.1) is 0 Å². The van der Waals surface area contributed by atoms with E-state index < -0.39 is 5.97 Å². The zero-order valence-electron chi connectivity index (χ0n) is 11.6. The van der Waals surface area contributed by atoms with Crippen molar-refractivity contribution in [1.29, 1.82) is 0 Å². The van der Waals surface area contributed by atoms with Gasteiger partial charge in [0.25, 0.3) is 11.8 Å². The molecule has 0 atom stereocenters. The van der Waals surface area contributed by atoms with Crippen molar-refractivity contribution < 1.29 is 19.1 Å². The third-order valence-corrected chi connectivity index (χ3v) is 2.71. The third-order valence-electron chi connectivity index (χ3n) is 2.46. The first-order chi connectivity index (χ1) is 10.0. The maximum atomic E-state index is 11.7. The molecule has 0 saturated heterocycles. The topological polar surface area (TPSA) is 84.5 Å². The summed E-state index contributed by atoms with van der Waals surface area (Å²) in [4.78, 5) is 34.1. The first-order valence-electron chi connectivity index (χ1n) is 6.49. The van der Waals surface area contributed by atoms with Crippen LogP contribution in [0.15, 0.2) is 24.3 Å². The van der Waals surface area contributed by atoms with Gasteiger partial charge in [-0.25, -0.2) is 0 Å². The van der Waals surface area contributed by atoms with Crippen LogP contribution in [-0.2, 0) is 14.3 Å². The average molecular weight is 313 g/mol. The zero-order valence-corrected chi connectivity index (χ0v) is 12.4. The molecule has 0 saturated carbocycles. The molecule has 114 valence electrons. The van der Waals surface area contributed by atoms with Gasteiger partial charge < -0.3 is 15.4 Å². The van der Waals surface area contributed by atoms with Crippen molar-refractivity contribution in [3.63, 3.8) is 0 Å². The highest BCUT2D eigenvalue weighted by atomic mass is 35.5. The smallest absolute Gasteiger partial charge is 0.308 e. The maximum absolute atomic E-state index is 11.7. The Morgan fingerprint density at radius 1 is 1.14 bits per heavy atom. The summed E-state index contributed by atoms with van der Waals surface area (Å²) in [7, 11) is 0. The second-order valence-electron chi connectivity index (χ2n) is 4.13. The quantitative estimate of drug-likeness (QED) is 0.739. The Balaban J connectivity index is 2.23. The van der Waals surface area contributed by atoms with Gasteiger partial charge >= 0.3 is 5.97 Å². The molecule has 6 nitrogen and oxygen atoms in total. The Hall–Kier alpha value is -2.08. The fourth-order valence-corrected chi connectivity index (χ4v) is 1.57. The van der Waals surface area contributed by atoms with Gasteiger partial charge in [0.2, 0.25) is 0 Å². The van der Waals surface area contributed by atoms with Gasteiger partial charge in [0.05, 0.1) is 6.42 Å². The lowest BCUT2D eigenvalue weighted by Gasteiger charge is -2.06. The monoisotopic (exact) mass is 312 g/mol. The van der Waals surface area contributed by atoms with Gasteiger partial charge in [0.15, 0.2) is 6.61 Å². The van der Waals surface area contributed by atoms with Crippen LogP contribution >= 0.6 is 11.6 Å². The molecule has 0 aliphatic carbocycles. The molecular formula is C14H17ClN2O4. The van der Waals surface area contributed by atoms with Gasteiger partial charge in [-0.3, -0.25) is 14.4 Å². The van der Waals surface area contributed by atoms with Crippen LogP contribution in [0.4, 0.5) is 0 Å². The fraction of sp³-hybridized carbons (Fsp3) is 0.357. The molecule has 0 spiro atoms. The second kappa shape index (κ2) is 8.97. The van der Waals surface area contributed by atoms with E-state index in [-0.39, 0.29) is 31.4 Å². The number of nitrogens with one attached hydrogen (secondary N) is 2. The largest absolute Gasteiger partial charge is 0.456 e. The molecule has 1 aromatic carbocycles. The number of carbonyl (C=O) groups excluding carboxylic acids is 3. The number of amides is 2. The predicted octanol–water partition coefficient (Wildman–Crippen LogP) is 1.14. The summed E-state index contributed by atoms with van der Waals surface area (Å²) in [6.45, 7) is 2.08. The number of ether oxygens (including phenoxy) is 1. The van der Waals surface area contributed by atoms with Gasteiger partial charge in [0, 0.05) is 23.7 Å². The average Bonchev–Trinajstić information content (AvgIpc) is 2.46. The van der Waals surface area contributed by atoms with Crippen molar-refractivity contribution in [2.24, 2.45) is 0 Å². The summed E-state index contributed by atoms with van der Waals surface area (Å²) >= 11 is 5.72. The molecule has 0 heterocycles. The van der Waals surface area contributed by atoms with E-state index in [2.05, 4.69) is 10.6 Å². The highest BCUT2D eigenvalue weighted by Gasteiger charge is 2.09. The Morgan fingerprint density at radius 2 is 1.81 bits per heavy atom. The summed E-state index contributed by atoms with van der Waals surface area (Å²) in [6.07, 6.45) is -0.00126. The maximum Gasteiger partial charge on any atom is 0.308 e. The highest BCUT2D eigenvalue weighted by Crippen LogP contribution is 2.09. The van der Waals surface area contributed by atoms with Crippen LogP contribution in [0.2, 0.25) is 5.02 Å². The van der Waals surface area contributed by atoms with E-state index in [0.29, 0.717) is 17.1 Å². The van der Waals surface area contributed by atoms with Crippen LogP contribution in [-0.4, -0.2) is 37.5 Å². The van der Waals surface area contributed by atoms with E-state index in [1.807, 2.05) is 0 Å². The van der Waals surface area contributed by atoms with Crippen LogP contribution < -0.4 is 10.6 Å². The first kappa shape index (κ1) is 17.0. The fourth-order valence-electron chi connectivity index (χ4n) is 1.45. The summed E-state index contributed by atoms with van der Waals surface area (Å²) in [6, 6.07) is 6.39. The Bertz CT molecular complexity index is 502. The van der Waals surface area contributed by atoms with E-state index in [4.69, 9.17) is 16.3 Å². The molecule has 0 bridgehead atoms. The number of esters is 1. The van der Waals surface area contributed by atoms with Crippen molar-refractivity contribution in [2.75, 3.05) is 19.7 Å². The van der Waals surface area contributed by atoms with Gasteiger partial charge in [-0.2, -0.15) is 0 Å². The summed E-state index contributed by atoms with van der Waals surface area (Å²) in [5.41, 5.74) is 0.454. The minimum Gasteiger partial charge on any atom is -0.456 e. The molecule has 1 aromatic rings. The number of hydrogen-bond donors (Lipinski definition) is 2. The van der Waals surface area contributed by atoms with E-state index in [1.54, 1.807) is 31.2 Å². The van der Waals surface area contributed by atoms with Crippen molar-refractivity contribution >= 4 is 29.4 Å². The molecule has 0 radical (unpaired) electrons. The second-order valence-corrected chi connectivity index (χ2v) is 4.56. The summed E-state index contributed by atoms with van der Waals surface area (Å²) < 4.78 is 4.74. The number of benzene rings is 1. The normalized spacial score (nSPS) is 9.81. The van der Waals surface area contributed by atoms with Crippen molar-refractivity contribution in [3.8, 4) is 0 Å². The van der Waals surface area contributed by atoms with Crippen LogP contribution in [0.3, 0.4) is 0 Å². The highest BCUT2D eigenvalue weighted by molar-refractivity contribution is 6.30. The molecular weight excluding hydrogens is 296 g/mol. The third kappa shape index (κ3) is 6.76. The molecule has 7 heteroatoms. The van der Waals surface area contributed by atoms with Gasteiger partial charge in [-0.1, -0.05) is 11.6 Å². The van der Waals surface area contributed by atoms with Gasteiger partial charge in [-0.15, -0.1) is 0 Å². The molecule has 0 fully saturated rings. The van der Waals surface area contributed by atoms with Crippen molar-refractivity contribution in [2.45, 2.75) is 13.3 Å². The van der Waals surface area contributed by atoms with E-state index in [1.165, 1.54) is 0 Å². The minimum atomic E-state index is -0.544. The molecule has 21 heavy (non-hydrogen) atoms. The molecule has 1 rings (SSSR count). The van der Waals surface area contributed by atoms with E-state index in [0.717, 1.165) is 0 Å². The minimum absolute atomic E-state index is 0.00126. The van der Waals surface area contributed by atoms with Crippen molar-refractivity contribution in [1.82, 2.24) is 10.6 Å².